The molecule has 0 rings (SSSR count). The highest BCUT2D eigenvalue weighted by molar-refractivity contribution is 8.13. The molecule has 0 aliphatic rings. The highest BCUT2D eigenvalue weighted by Crippen LogP contribution is 1.89. The normalized spacial score (nSPS) is 10.1. The summed E-state index contributed by atoms with van der Waals surface area (Å²) in [5.74, 6) is 0.961. The van der Waals surface area contributed by atoms with Crippen LogP contribution in [-0.2, 0) is 14.6 Å². The molecule has 0 fully saturated rings. The van der Waals surface area contributed by atoms with E-state index >= 15 is 0 Å². The molecule has 80 valence electrons. The van der Waals surface area contributed by atoms with Gasteiger partial charge in [-0.1, -0.05) is 6.92 Å². The molecule has 0 bridgehead atoms. The molecule has 0 aromatic rings. The van der Waals surface area contributed by atoms with Crippen LogP contribution in [0.5, 0.6) is 0 Å². The zero-order chi connectivity index (χ0) is 10.9. The van der Waals surface area contributed by atoms with E-state index in [4.69, 9.17) is 11.1 Å². The van der Waals surface area contributed by atoms with Crippen LogP contribution in [0.15, 0.2) is 0 Å². The van der Waals surface area contributed by atoms with Gasteiger partial charge in [0.1, 0.15) is 0 Å². The number of rotatable bonds is 3. The highest BCUT2D eigenvalue weighted by atomic mass is 32.3. The number of hydrogen-bond donors (Lipinski definition) is 2. The van der Waals surface area contributed by atoms with Gasteiger partial charge in [0.2, 0.25) is 10.4 Å². The number of thioether (sulfide) groups is 1. The zero-order valence-corrected chi connectivity index (χ0v) is 9.15. The van der Waals surface area contributed by atoms with Crippen LogP contribution in [0, 0.1) is 0 Å². The Labute approximate surface area is 82.3 Å². The summed E-state index contributed by atoms with van der Waals surface area (Å²) in [6.07, 6.45) is 0. The van der Waals surface area contributed by atoms with E-state index < -0.39 is 10.4 Å². The van der Waals surface area contributed by atoms with E-state index in [0.29, 0.717) is 5.17 Å². The van der Waals surface area contributed by atoms with Gasteiger partial charge in [0, 0.05) is 5.75 Å². The van der Waals surface area contributed by atoms with Crippen LogP contribution < -0.4 is 11.1 Å². The van der Waals surface area contributed by atoms with Crippen molar-refractivity contribution in [3.63, 3.8) is 0 Å². The quantitative estimate of drug-likeness (QED) is 0.258. The molecule has 0 saturated heterocycles. The van der Waals surface area contributed by atoms with E-state index in [-0.39, 0.29) is 6.61 Å². The van der Waals surface area contributed by atoms with Gasteiger partial charge in [-0.3, -0.25) is 15.3 Å². The Bertz CT molecular complexity index is 227. The third-order valence-electron chi connectivity index (χ3n) is 0.573. The van der Waals surface area contributed by atoms with E-state index in [2.05, 4.69) is 4.18 Å². The minimum atomic E-state index is -4.42. The number of amidine groups is 1. The molecular weight excluding hydrogens is 216 g/mol. The zero-order valence-electron chi connectivity index (χ0n) is 7.52. The minimum absolute atomic E-state index is 0.0914. The van der Waals surface area contributed by atoms with Gasteiger partial charge >= 0.3 is 0 Å². The second-order valence-corrected chi connectivity index (χ2v) is 4.04. The number of hydrogen-bond acceptors (Lipinski definition) is 5. The van der Waals surface area contributed by atoms with Crippen LogP contribution in [0.25, 0.3) is 0 Å². The summed E-state index contributed by atoms with van der Waals surface area (Å²) in [5.41, 5.74) is 5.06. The second-order valence-electron chi connectivity index (χ2n) is 1.65. The lowest BCUT2D eigenvalue weighted by Crippen LogP contribution is -2.43. The Balaban J connectivity index is 0. The minimum Gasteiger partial charge on any atom is -0.726 e. The van der Waals surface area contributed by atoms with Crippen molar-refractivity contribution in [3.8, 4) is 0 Å². The Morgan fingerprint density at radius 3 is 2.08 bits per heavy atom. The highest BCUT2D eigenvalue weighted by Gasteiger charge is 1.87. The van der Waals surface area contributed by atoms with Gasteiger partial charge in [0.15, 0.2) is 0 Å². The lowest BCUT2D eigenvalue weighted by Gasteiger charge is -2.02. The van der Waals surface area contributed by atoms with Gasteiger partial charge < -0.3 is 4.55 Å². The Morgan fingerprint density at radius 1 is 1.62 bits per heavy atom. The predicted molar refractivity (Wildman–Crippen MR) is 50.6 cm³/mol. The van der Waals surface area contributed by atoms with E-state index in [0.717, 1.165) is 5.75 Å². The smallest absolute Gasteiger partial charge is 0.299 e. The fourth-order valence-electron chi connectivity index (χ4n) is 0.311. The first kappa shape index (κ1) is 15.2. The van der Waals surface area contributed by atoms with Crippen LogP contribution in [-0.4, -0.2) is 30.5 Å². The molecule has 0 aliphatic carbocycles. The van der Waals surface area contributed by atoms with Gasteiger partial charge in [0.05, 0.1) is 6.61 Å². The maximum atomic E-state index is 9.45. The van der Waals surface area contributed by atoms with Gasteiger partial charge in [-0.2, -0.15) is 0 Å². The van der Waals surface area contributed by atoms with Crippen molar-refractivity contribution >= 4 is 27.3 Å². The maximum Gasteiger partial charge on any atom is 0.299 e. The topological polar surface area (TPSA) is 118 Å². The van der Waals surface area contributed by atoms with Crippen molar-refractivity contribution in [2.75, 3.05) is 12.4 Å². The second kappa shape index (κ2) is 8.30. The van der Waals surface area contributed by atoms with Crippen LogP contribution in [0.2, 0.25) is 0 Å². The summed E-state index contributed by atoms with van der Waals surface area (Å²) >= 11 is 1.46. The molecule has 0 spiro atoms. The average Bonchev–Trinajstić information content (AvgIpc) is 1.84. The predicted octanol–water partition coefficient (Wildman–Crippen LogP) is -1.70. The Kier molecular flexibility index (Phi) is 9.68. The van der Waals surface area contributed by atoms with Crippen LogP contribution in [0.4, 0.5) is 0 Å². The van der Waals surface area contributed by atoms with E-state index in [1.807, 2.05) is 6.92 Å². The SMILES string of the molecule is CCOS(=O)(=O)[O-].CCSC(N)=[NH2+]. The standard InChI is InChI=1S/C3H8N2S.C2H6O4S/c1-2-6-3(4)5;1-2-6-7(3,4)5/h2H2,1H3,(H3,4,5);2H2,1H3,(H,3,4,5). The molecule has 0 saturated carbocycles. The first-order valence-corrected chi connectivity index (χ1v) is 5.76. The first-order chi connectivity index (χ1) is 5.83. The van der Waals surface area contributed by atoms with Crippen molar-refractivity contribution < 1.29 is 22.6 Å². The molecule has 0 aliphatic heterocycles. The molecule has 0 unspecified atom stereocenters. The van der Waals surface area contributed by atoms with Crippen molar-refractivity contribution in [2.45, 2.75) is 13.8 Å². The van der Waals surface area contributed by atoms with Gasteiger partial charge in [-0.15, -0.1) is 0 Å². The Morgan fingerprint density at radius 2 is 2.08 bits per heavy atom. The van der Waals surface area contributed by atoms with Crippen LogP contribution in [0.3, 0.4) is 0 Å². The third kappa shape index (κ3) is 24.5. The summed E-state index contributed by atoms with van der Waals surface area (Å²) in [6.45, 7) is 3.34. The molecule has 0 heterocycles. The fraction of sp³-hybridized carbons (Fsp3) is 0.800. The molecule has 0 amide bonds. The van der Waals surface area contributed by atoms with Gasteiger partial charge in [-0.05, 0) is 18.7 Å². The van der Waals surface area contributed by atoms with E-state index in [1.54, 1.807) is 0 Å². The summed E-state index contributed by atoms with van der Waals surface area (Å²) in [6, 6.07) is 0. The molecule has 0 atom stereocenters. The van der Waals surface area contributed by atoms with Crippen molar-refractivity contribution in [1.29, 1.82) is 0 Å². The summed E-state index contributed by atoms with van der Waals surface area (Å²) in [7, 11) is -4.42. The van der Waals surface area contributed by atoms with E-state index in [9.17, 15) is 13.0 Å². The molecule has 4 N–H and O–H groups in total. The molecule has 6 nitrogen and oxygen atoms in total. The Hall–Kier alpha value is -0.310. The summed E-state index contributed by atoms with van der Waals surface area (Å²) in [4.78, 5) is 0. The lowest BCUT2D eigenvalue weighted by molar-refractivity contribution is -0.110. The monoisotopic (exact) mass is 230 g/mol. The summed E-state index contributed by atoms with van der Waals surface area (Å²) in [5, 5.41) is 5.52. The molecule has 8 heteroatoms. The molecular formula is C5H14N2O4S2. The van der Waals surface area contributed by atoms with Crippen molar-refractivity contribution in [2.24, 2.45) is 5.73 Å². The molecule has 0 aromatic heterocycles. The van der Waals surface area contributed by atoms with Crippen molar-refractivity contribution in [3.05, 3.63) is 0 Å². The van der Waals surface area contributed by atoms with Gasteiger partial charge in [-0.25, -0.2) is 8.42 Å². The largest absolute Gasteiger partial charge is 0.726 e. The maximum absolute atomic E-state index is 9.45. The third-order valence-corrected chi connectivity index (χ3v) is 1.72. The molecule has 0 aromatic carbocycles. The lowest BCUT2D eigenvalue weighted by atomic mass is 10.9. The van der Waals surface area contributed by atoms with Crippen LogP contribution >= 0.6 is 11.8 Å². The summed E-state index contributed by atoms with van der Waals surface area (Å²) < 4.78 is 32.0. The van der Waals surface area contributed by atoms with Crippen LogP contribution in [0.1, 0.15) is 13.8 Å². The average molecular weight is 230 g/mol. The fourth-order valence-corrected chi connectivity index (χ4v) is 0.933. The van der Waals surface area contributed by atoms with Crippen molar-refractivity contribution in [1.82, 2.24) is 0 Å². The van der Waals surface area contributed by atoms with Gasteiger partial charge in [0.25, 0.3) is 5.17 Å². The number of nitrogens with two attached hydrogens (primary N) is 2. The first-order valence-electron chi connectivity index (χ1n) is 3.44. The molecule has 13 heavy (non-hydrogen) atoms. The van der Waals surface area contributed by atoms with E-state index in [1.165, 1.54) is 18.7 Å². The molecule has 0 radical (unpaired) electrons.